The molecular weight excluding hydrogens is 364 g/mol. The van der Waals surface area contributed by atoms with Crippen molar-refractivity contribution in [1.82, 2.24) is 25.1 Å². The Morgan fingerprint density at radius 3 is 2.76 bits per heavy atom. The van der Waals surface area contributed by atoms with Crippen LogP contribution >= 0.6 is 23.4 Å². The number of nitrogens with one attached hydrogen (secondary N) is 3. The van der Waals surface area contributed by atoms with Crippen molar-refractivity contribution in [3.8, 4) is 11.4 Å². The quantitative estimate of drug-likeness (QED) is 0.589. The van der Waals surface area contributed by atoms with Gasteiger partial charge in [0, 0.05) is 16.8 Å². The molecule has 25 heavy (non-hydrogen) atoms. The van der Waals surface area contributed by atoms with Crippen LogP contribution < -0.4 is 10.9 Å². The van der Waals surface area contributed by atoms with Gasteiger partial charge in [-0.15, -0.1) is 5.10 Å². The molecule has 3 rings (SSSR count). The van der Waals surface area contributed by atoms with Crippen LogP contribution in [0.2, 0.25) is 5.02 Å². The number of amides is 1. The van der Waals surface area contributed by atoms with Crippen molar-refractivity contribution in [3.05, 3.63) is 51.4 Å². The summed E-state index contributed by atoms with van der Waals surface area (Å²) in [7, 11) is 0. The first kappa shape index (κ1) is 17.2. The molecule has 0 radical (unpaired) electrons. The summed E-state index contributed by atoms with van der Waals surface area (Å²) in [5.74, 6) is 0.698. The Hall–Kier alpha value is -2.65. The van der Waals surface area contributed by atoms with Crippen LogP contribution in [0.3, 0.4) is 0 Å². The Labute approximate surface area is 151 Å². The molecule has 0 aliphatic carbocycles. The standard InChI is InChI=1S/C15H13ClN6O2S/c1-2-25-15-20-14(21-22-15)19-13(24)10-7-17-11(18-12(10)23)8-3-5-9(16)6-4-8/h3-7H,2H2,1H3,(H,17,18,23)(H2,19,20,21,22,24). The van der Waals surface area contributed by atoms with Crippen LogP contribution in [0.4, 0.5) is 5.95 Å². The summed E-state index contributed by atoms with van der Waals surface area (Å²) in [6, 6.07) is 6.82. The van der Waals surface area contributed by atoms with Crippen molar-refractivity contribution in [2.24, 2.45) is 0 Å². The topological polar surface area (TPSA) is 116 Å². The van der Waals surface area contributed by atoms with Gasteiger partial charge < -0.3 is 4.98 Å². The molecule has 0 bridgehead atoms. The van der Waals surface area contributed by atoms with Crippen LogP contribution in [0.5, 0.6) is 0 Å². The van der Waals surface area contributed by atoms with Crippen LogP contribution in [0.1, 0.15) is 17.3 Å². The molecule has 3 N–H and O–H groups in total. The minimum Gasteiger partial charge on any atom is -0.306 e. The molecule has 0 atom stereocenters. The van der Waals surface area contributed by atoms with Gasteiger partial charge in [-0.05, 0) is 30.0 Å². The zero-order valence-corrected chi connectivity index (χ0v) is 14.6. The van der Waals surface area contributed by atoms with Gasteiger partial charge in [-0.3, -0.25) is 14.9 Å². The van der Waals surface area contributed by atoms with Gasteiger partial charge in [0.1, 0.15) is 11.4 Å². The van der Waals surface area contributed by atoms with E-state index < -0.39 is 11.5 Å². The van der Waals surface area contributed by atoms with Gasteiger partial charge in [-0.2, -0.15) is 4.98 Å². The Morgan fingerprint density at radius 1 is 1.32 bits per heavy atom. The molecule has 1 amide bonds. The normalized spacial score (nSPS) is 10.6. The van der Waals surface area contributed by atoms with Crippen molar-refractivity contribution in [2.45, 2.75) is 12.1 Å². The van der Waals surface area contributed by atoms with Crippen molar-refractivity contribution in [1.29, 1.82) is 0 Å². The molecule has 2 heterocycles. The second-order valence-electron chi connectivity index (χ2n) is 4.84. The molecule has 0 spiro atoms. The summed E-state index contributed by atoms with van der Waals surface area (Å²) in [6.07, 6.45) is 1.22. The number of nitrogens with zero attached hydrogens (tertiary/aromatic N) is 3. The molecule has 0 saturated carbocycles. The highest BCUT2D eigenvalue weighted by molar-refractivity contribution is 7.99. The molecule has 0 fully saturated rings. The molecular formula is C15H13ClN6O2S. The summed E-state index contributed by atoms with van der Waals surface area (Å²) in [5.41, 5.74) is 0.00357. The number of hydrogen-bond acceptors (Lipinski definition) is 6. The Morgan fingerprint density at radius 2 is 2.08 bits per heavy atom. The first-order chi connectivity index (χ1) is 12.1. The van der Waals surface area contributed by atoms with Crippen LogP contribution in [0, 0.1) is 0 Å². The number of thioether (sulfide) groups is 1. The van der Waals surface area contributed by atoms with E-state index in [-0.39, 0.29) is 11.5 Å². The lowest BCUT2D eigenvalue weighted by molar-refractivity contribution is 0.102. The maximum Gasteiger partial charge on any atom is 0.265 e. The third-order valence-electron chi connectivity index (χ3n) is 3.13. The first-order valence-corrected chi connectivity index (χ1v) is 8.65. The number of benzene rings is 1. The Balaban J connectivity index is 1.79. The first-order valence-electron chi connectivity index (χ1n) is 7.28. The molecule has 0 saturated heterocycles. The number of carbonyl (C=O) groups excluding carboxylic acids is 1. The van der Waals surface area contributed by atoms with Crippen LogP contribution in [-0.4, -0.2) is 36.8 Å². The molecule has 1 aromatic carbocycles. The Kier molecular flexibility index (Phi) is 5.15. The number of rotatable bonds is 5. The molecule has 8 nitrogen and oxygen atoms in total. The lowest BCUT2D eigenvalue weighted by atomic mass is 10.2. The second-order valence-corrected chi connectivity index (χ2v) is 6.50. The van der Waals surface area contributed by atoms with Crippen molar-refractivity contribution in [2.75, 3.05) is 11.1 Å². The minimum atomic E-state index is -0.624. The number of carbonyl (C=O) groups is 1. The molecule has 0 aliphatic heterocycles. The highest BCUT2D eigenvalue weighted by Gasteiger charge is 2.15. The fourth-order valence-electron chi connectivity index (χ4n) is 1.98. The zero-order valence-electron chi connectivity index (χ0n) is 13.0. The van der Waals surface area contributed by atoms with Gasteiger partial charge in [0.25, 0.3) is 11.5 Å². The average Bonchev–Trinajstić information content (AvgIpc) is 3.02. The number of aromatic nitrogens is 5. The maximum atomic E-state index is 12.2. The van der Waals surface area contributed by atoms with E-state index >= 15 is 0 Å². The lowest BCUT2D eigenvalue weighted by Crippen LogP contribution is -2.24. The SMILES string of the molecule is CCSc1n[nH]c(NC(=O)c2cnc(-c3ccc(Cl)cc3)[nH]c2=O)n1. The summed E-state index contributed by atoms with van der Waals surface area (Å²) < 4.78 is 0. The number of halogens is 1. The summed E-state index contributed by atoms with van der Waals surface area (Å²) >= 11 is 7.26. The molecule has 2 aromatic heterocycles. The van der Waals surface area contributed by atoms with Crippen molar-refractivity contribution >= 4 is 35.2 Å². The number of H-pyrrole nitrogens is 2. The molecule has 0 unspecified atom stereocenters. The molecule has 128 valence electrons. The highest BCUT2D eigenvalue weighted by atomic mass is 35.5. The van der Waals surface area contributed by atoms with E-state index in [2.05, 4.69) is 30.5 Å². The molecule has 10 heteroatoms. The summed E-state index contributed by atoms with van der Waals surface area (Å²) in [4.78, 5) is 35.2. The second kappa shape index (κ2) is 7.49. The largest absolute Gasteiger partial charge is 0.306 e. The van der Waals surface area contributed by atoms with Gasteiger partial charge in [0.15, 0.2) is 0 Å². The van der Waals surface area contributed by atoms with E-state index in [1.165, 1.54) is 18.0 Å². The average molecular weight is 377 g/mol. The fraction of sp³-hybridized carbons (Fsp3) is 0.133. The number of hydrogen-bond donors (Lipinski definition) is 3. The van der Waals surface area contributed by atoms with Crippen molar-refractivity contribution < 1.29 is 4.79 Å². The summed E-state index contributed by atoms with van der Waals surface area (Å²) in [6.45, 7) is 1.97. The van der Waals surface area contributed by atoms with Crippen LogP contribution in [0.15, 0.2) is 40.4 Å². The summed E-state index contributed by atoms with van der Waals surface area (Å²) in [5, 5.41) is 10.1. The van der Waals surface area contributed by atoms with E-state index in [0.717, 1.165) is 5.75 Å². The predicted octanol–water partition coefficient (Wildman–Crippen LogP) is 2.57. The van der Waals surface area contributed by atoms with Gasteiger partial charge >= 0.3 is 0 Å². The van der Waals surface area contributed by atoms with Gasteiger partial charge in [-0.25, -0.2) is 10.1 Å². The van der Waals surface area contributed by atoms with E-state index in [0.29, 0.717) is 21.6 Å². The Bertz CT molecular complexity index is 953. The van der Waals surface area contributed by atoms with Gasteiger partial charge in [-0.1, -0.05) is 30.3 Å². The van der Waals surface area contributed by atoms with Crippen LogP contribution in [-0.2, 0) is 0 Å². The fourth-order valence-corrected chi connectivity index (χ4v) is 2.63. The minimum absolute atomic E-state index is 0.126. The van der Waals surface area contributed by atoms with E-state index in [1.807, 2.05) is 6.92 Å². The smallest absolute Gasteiger partial charge is 0.265 e. The van der Waals surface area contributed by atoms with E-state index in [9.17, 15) is 9.59 Å². The number of anilines is 1. The van der Waals surface area contributed by atoms with Crippen molar-refractivity contribution in [3.63, 3.8) is 0 Å². The monoisotopic (exact) mass is 376 g/mol. The molecule has 0 aliphatic rings. The van der Waals surface area contributed by atoms with Gasteiger partial charge in [0.2, 0.25) is 11.1 Å². The van der Waals surface area contributed by atoms with Gasteiger partial charge in [0.05, 0.1) is 0 Å². The predicted molar refractivity (Wildman–Crippen MR) is 96.0 cm³/mol. The maximum absolute atomic E-state index is 12.2. The van der Waals surface area contributed by atoms with E-state index in [4.69, 9.17) is 11.6 Å². The third-order valence-corrected chi connectivity index (χ3v) is 4.11. The highest BCUT2D eigenvalue weighted by Crippen LogP contribution is 2.17. The zero-order chi connectivity index (χ0) is 17.8. The van der Waals surface area contributed by atoms with Crippen LogP contribution in [0.25, 0.3) is 11.4 Å². The lowest BCUT2D eigenvalue weighted by Gasteiger charge is -2.03. The van der Waals surface area contributed by atoms with E-state index in [1.54, 1.807) is 24.3 Å². The third kappa shape index (κ3) is 4.06. The molecule has 3 aromatic rings. The number of aromatic amines is 2.